The predicted octanol–water partition coefficient (Wildman–Crippen LogP) is 0.944. The van der Waals surface area contributed by atoms with Crippen molar-refractivity contribution < 1.29 is 19.1 Å². The van der Waals surface area contributed by atoms with Crippen LogP contribution in [-0.2, 0) is 4.79 Å². The van der Waals surface area contributed by atoms with Crippen molar-refractivity contribution >= 4 is 23.7 Å². The summed E-state index contributed by atoms with van der Waals surface area (Å²) in [5.41, 5.74) is 0.867. The topological polar surface area (TPSA) is 107 Å². The molecule has 1 aromatic carbocycles. The first kappa shape index (κ1) is 20.3. The van der Waals surface area contributed by atoms with Gasteiger partial charge in [0.2, 0.25) is 5.91 Å². The Bertz CT molecular complexity index is 814. The molecule has 4 atom stereocenters. The summed E-state index contributed by atoms with van der Waals surface area (Å²) in [6, 6.07) is 7.27. The molecule has 10 heteroatoms. The molecule has 3 amide bonds. The van der Waals surface area contributed by atoms with Crippen LogP contribution >= 0.6 is 11.8 Å². The number of hydrogen-bond donors (Lipinski definition) is 2. The van der Waals surface area contributed by atoms with Crippen LogP contribution in [0, 0.1) is 17.2 Å². The molecule has 0 aliphatic carbocycles. The lowest BCUT2D eigenvalue weighted by Gasteiger charge is -2.50. The molecule has 0 radical (unpaired) electrons. The number of carbonyl (C=O) groups excluding carboxylic acids is 2. The molecule has 0 bridgehead atoms. The lowest BCUT2D eigenvalue weighted by Crippen LogP contribution is -2.72. The summed E-state index contributed by atoms with van der Waals surface area (Å²) >= 11 is 1.35. The van der Waals surface area contributed by atoms with E-state index < -0.39 is 12.1 Å². The molecule has 28 heavy (non-hydrogen) atoms. The van der Waals surface area contributed by atoms with Gasteiger partial charge in [-0.25, -0.2) is 4.79 Å². The fourth-order valence-corrected chi connectivity index (χ4v) is 4.51. The van der Waals surface area contributed by atoms with Crippen molar-refractivity contribution in [3.8, 4) is 17.6 Å². The number of fused-ring (bicyclic) bond motifs is 1. The maximum absolute atomic E-state index is 12.8. The van der Waals surface area contributed by atoms with Gasteiger partial charge in [0.1, 0.15) is 0 Å². The molecule has 0 aromatic heterocycles. The van der Waals surface area contributed by atoms with Crippen LogP contribution in [0.15, 0.2) is 18.2 Å². The normalized spacial score (nSPS) is 27.2. The molecular weight excluding hydrogens is 382 g/mol. The summed E-state index contributed by atoms with van der Waals surface area (Å²) in [6.07, 6.45) is -0.838. The minimum atomic E-state index is -0.512. The van der Waals surface area contributed by atoms with Gasteiger partial charge in [-0.1, -0.05) is 6.07 Å². The summed E-state index contributed by atoms with van der Waals surface area (Å²) in [6.45, 7) is 0. The van der Waals surface area contributed by atoms with E-state index in [4.69, 9.17) is 14.7 Å². The van der Waals surface area contributed by atoms with E-state index >= 15 is 0 Å². The molecule has 2 N–H and O–H groups in total. The highest BCUT2D eigenvalue weighted by Crippen LogP contribution is 2.36. The molecule has 0 spiro atoms. The standard InChI is InChI=1S/C18H23N5O4S/c1-22-15-13(17(24)23(2)18(22)25)16(28-8-7-19)21-14(20-15)10-5-6-11(26-3)12(9-10)27-4/h5-6,9,13-16,20-21H,8H2,1-4H3. The molecule has 2 heterocycles. The number of benzene rings is 1. The fraction of sp³-hybridized carbons (Fsp3) is 0.500. The van der Waals surface area contributed by atoms with Gasteiger partial charge in [0.15, 0.2) is 11.5 Å². The van der Waals surface area contributed by atoms with Crippen LogP contribution < -0.4 is 20.1 Å². The molecule has 2 aliphatic heterocycles. The van der Waals surface area contributed by atoms with E-state index in [1.54, 1.807) is 27.3 Å². The number of nitrogens with zero attached hydrogens (tertiary/aromatic N) is 3. The number of nitriles is 1. The zero-order valence-electron chi connectivity index (χ0n) is 16.1. The quantitative estimate of drug-likeness (QED) is 0.746. The van der Waals surface area contributed by atoms with Crippen LogP contribution in [0.4, 0.5) is 4.79 Å². The van der Waals surface area contributed by atoms with Crippen LogP contribution in [0.1, 0.15) is 11.7 Å². The van der Waals surface area contributed by atoms with E-state index in [0.717, 1.165) is 10.5 Å². The van der Waals surface area contributed by atoms with Gasteiger partial charge in [0.05, 0.1) is 49.7 Å². The Hall–Kier alpha value is -2.48. The molecular formula is C18H23N5O4S. The third-order valence-corrected chi connectivity index (χ3v) is 6.11. The van der Waals surface area contributed by atoms with E-state index in [2.05, 4.69) is 16.7 Å². The molecule has 3 rings (SSSR count). The van der Waals surface area contributed by atoms with Crippen molar-refractivity contribution in [2.45, 2.75) is 17.7 Å². The van der Waals surface area contributed by atoms with E-state index in [1.165, 1.54) is 23.7 Å². The minimum absolute atomic E-state index is 0.230. The Labute approximate surface area is 167 Å². The van der Waals surface area contributed by atoms with Gasteiger partial charge >= 0.3 is 6.03 Å². The summed E-state index contributed by atoms with van der Waals surface area (Å²) in [5, 5.41) is 15.4. The van der Waals surface area contributed by atoms with Crippen LogP contribution in [0.2, 0.25) is 0 Å². The predicted molar refractivity (Wildman–Crippen MR) is 104 cm³/mol. The fourth-order valence-electron chi connectivity index (χ4n) is 3.55. The Morgan fingerprint density at radius 1 is 1.18 bits per heavy atom. The van der Waals surface area contributed by atoms with E-state index in [1.807, 2.05) is 12.1 Å². The third-order valence-electron chi connectivity index (χ3n) is 5.02. The number of urea groups is 1. The van der Waals surface area contributed by atoms with Crippen molar-refractivity contribution in [2.24, 2.45) is 5.92 Å². The van der Waals surface area contributed by atoms with Gasteiger partial charge < -0.3 is 14.4 Å². The van der Waals surface area contributed by atoms with Crippen LogP contribution in [0.25, 0.3) is 0 Å². The maximum atomic E-state index is 12.8. The number of amides is 3. The van der Waals surface area contributed by atoms with Gasteiger partial charge in [0, 0.05) is 14.1 Å². The monoisotopic (exact) mass is 405 g/mol. The van der Waals surface area contributed by atoms with Gasteiger partial charge in [-0.2, -0.15) is 5.26 Å². The van der Waals surface area contributed by atoms with Crippen molar-refractivity contribution in [1.82, 2.24) is 20.4 Å². The van der Waals surface area contributed by atoms with Crippen molar-refractivity contribution in [3.63, 3.8) is 0 Å². The summed E-state index contributed by atoms with van der Waals surface area (Å²) in [4.78, 5) is 27.8. The number of thioether (sulfide) groups is 1. The van der Waals surface area contributed by atoms with E-state index in [-0.39, 0.29) is 29.2 Å². The highest BCUT2D eigenvalue weighted by atomic mass is 32.2. The van der Waals surface area contributed by atoms with Crippen molar-refractivity contribution in [2.75, 3.05) is 34.1 Å². The Morgan fingerprint density at radius 2 is 1.89 bits per heavy atom. The molecule has 2 saturated heterocycles. The number of hydrogen-bond acceptors (Lipinski definition) is 8. The van der Waals surface area contributed by atoms with E-state index in [0.29, 0.717) is 11.5 Å². The Kier molecular flexibility index (Phi) is 5.98. The number of carbonyl (C=O) groups is 2. The van der Waals surface area contributed by atoms with Gasteiger partial charge in [-0.15, -0.1) is 11.8 Å². The summed E-state index contributed by atoms with van der Waals surface area (Å²) in [5.74, 6) is 0.637. The number of rotatable bonds is 5. The average Bonchev–Trinajstić information content (AvgIpc) is 2.73. The molecule has 1 aromatic rings. The zero-order chi connectivity index (χ0) is 20.4. The number of ether oxygens (including phenoxy) is 2. The van der Waals surface area contributed by atoms with Crippen LogP contribution in [0.5, 0.6) is 11.5 Å². The first-order chi connectivity index (χ1) is 13.4. The maximum Gasteiger partial charge on any atom is 0.327 e. The van der Waals surface area contributed by atoms with Crippen LogP contribution in [-0.4, -0.2) is 67.3 Å². The molecule has 2 fully saturated rings. The lowest BCUT2D eigenvalue weighted by atomic mass is 9.96. The first-order valence-electron chi connectivity index (χ1n) is 8.69. The largest absolute Gasteiger partial charge is 0.493 e. The summed E-state index contributed by atoms with van der Waals surface area (Å²) < 4.78 is 10.7. The zero-order valence-corrected chi connectivity index (χ0v) is 16.9. The molecule has 150 valence electrons. The highest BCUT2D eigenvalue weighted by Gasteiger charge is 2.51. The van der Waals surface area contributed by atoms with Crippen molar-refractivity contribution in [3.05, 3.63) is 23.8 Å². The minimum Gasteiger partial charge on any atom is -0.493 e. The SMILES string of the molecule is COc1ccc(C2NC(SCC#N)C3C(=O)N(C)C(=O)N(C)C3N2)cc1OC. The number of imide groups is 1. The summed E-state index contributed by atoms with van der Waals surface area (Å²) in [7, 11) is 6.27. The Balaban J connectivity index is 1.95. The highest BCUT2D eigenvalue weighted by molar-refractivity contribution is 8.00. The average molecular weight is 405 g/mol. The third kappa shape index (κ3) is 3.48. The number of nitrogens with one attached hydrogen (secondary N) is 2. The van der Waals surface area contributed by atoms with Gasteiger partial charge in [-0.05, 0) is 17.7 Å². The second-order valence-electron chi connectivity index (χ2n) is 6.53. The van der Waals surface area contributed by atoms with Gasteiger partial charge in [-0.3, -0.25) is 20.3 Å². The smallest absolute Gasteiger partial charge is 0.327 e. The second-order valence-corrected chi connectivity index (χ2v) is 7.66. The lowest BCUT2D eigenvalue weighted by molar-refractivity contribution is -0.140. The molecule has 4 unspecified atom stereocenters. The first-order valence-corrected chi connectivity index (χ1v) is 9.74. The molecule has 0 saturated carbocycles. The Morgan fingerprint density at radius 3 is 2.54 bits per heavy atom. The molecule has 9 nitrogen and oxygen atoms in total. The van der Waals surface area contributed by atoms with Gasteiger partial charge in [0.25, 0.3) is 0 Å². The number of methoxy groups -OCH3 is 2. The van der Waals surface area contributed by atoms with E-state index in [9.17, 15) is 9.59 Å². The second kappa shape index (κ2) is 8.26. The molecule has 2 aliphatic rings. The van der Waals surface area contributed by atoms with Crippen LogP contribution in [0.3, 0.4) is 0 Å². The van der Waals surface area contributed by atoms with Crippen molar-refractivity contribution in [1.29, 1.82) is 5.26 Å².